The van der Waals surface area contributed by atoms with Gasteiger partial charge in [0.05, 0.1) is 56.8 Å². The van der Waals surface area contributed by atoms with Gasteiger partial charge in [-0.3, -0.25) is 30.7 Å². The number of aryl methyl sites for hydroxylation is 2. The minimum Gasteiger partial charge on any atom is -0.481 e. The summed E-state index contributed by atoms with van der Waals surface area (Å²) in [7, 11) is 1.58. The van der Waals surface area contributed by atoms with E-state index in [1.54, 1.807) is 64.6 Å². The summed E-state index contributed by atoms with van der Waals surface area (Å²) in [6, 6.07) is 29.8. The Balaban J connectivity index is 0.000000143. The second-order valence-corrected chi connectivity index (χ2v) is 20.2. The zero-order valence-corrected chi connectivity index (χ0v) is 48.8. The first-order chi connectivity index (χ1) is 41.8. The van der Waals surface area contributed by atoms with Crippen LogP contribution < -0.4 is 42.2 Å². The van der Waals surface area contributed by atoms with Gasteiger partial charge in [0, 0.05) is 109 Å². The Morgan fingerprint density at radius 2 is 1.08 bits per heavy atom. The summed E-state index contributed by atoms with van der Waals surface area (Å²) in [5.74, 6) is 1.60. The number of pyridine rings is 4. The maximum absolute atomic E-state index is 12.5. The van der Waals surface area contributed by atoms with E-state index >= 15 is 0 Å². The number of nitrogens with zero attached hydrogens (tertiary/aromatic N) is 10. The van der Waals surface area contributed by atoms with E-state index in [4.69, 9.17) is 4.74 Å². The topological polar surface area (TPSA) is 310 Å². The predicted octanol–water partition coefficient (Wildman–Crippen LogP) is 11.1. The summed E-state index contributed by atoms with van der Waals surface area (Å²) in [5.41, 5.74) is 14.9. The van der Waals surface area contributed by atoms with Crippen molar-refractivity contribution in [3.8, 4) is 67.5 Å². The molecule has 9 heterocycles. The van der Waals surface area contributed by atoms with Crippen LogP contribution in [-0.2, 0) is 6.54 Å². The highest BCUT2D eigenvalue weighted by Gasteiger charge is 2.19. The molecule has 0 aliphatic heterocycles. The number of imidazole rings is 3. The van der Waals surface area contributed by atoms with Gasteiger partial charge in [-0.15, -0.1) is 11.3 Å². The zero-order valence-electron chi connectivity index (χ0n) is 48.0. The summed E-state index contributed by atoms with van der Waals surface area (Å²) in [5, 5.41) is 23.5. The number of hydrogen-bond donors (Lipinski definition) is 9. The highest BCUT2D eigenvalue weighted by atomic mass is 32.1. The van der Waals surface area contributed by atoms with Crippen molar-refractivity contribution in [3.63, 3.8) is 0 Å². The van der Waals surface area contributed by atoms with Crippen molar-refractivity contribution in [2.45, 2.75) is 48.1 Å². The van der Waals surface area contributed by atoms with Gasteiger partial charge in [-0.2, -0.15) is 5.10 Å². The molecule has 436 valence electrons. The Hall–Kier alpha value is -11.1. The molecule has 0 saturated heterocycles. The fraction of sp³-hybridized carbons (Fsp3) is 0.180. The molecule has 0 spiro atoms. The number of ether oxygens (including phenoxy) is 1. The lowest BCUT2D eigenvalue weighted by Gasteiger charge is -2.11. The number of benzene rings is 3. The Kier molecular flexibility index (Phi) is 17.9. The molecule has 9 aromatic heterocycles. The number of anilines is 3. The third kappa shape index (κ3) is 13.4. The molecule has 25 heteroatoms. The van der Waals surface area contributed by atoms with Crippen molar-refractivity contribution in [1.82, 2.24) is 80.1 Å². The lowest BCUT2D eigenvalue weighted by molar-refractivity contribution is 0.251. The van der Waals surface area contributed by atoms with Gasteiger partial charge in [0.15, 0.2) is 0 Å². The number of urea groups is 3. The summed E-state index contributed by atoms with van der Waals surface area (Å²) < 4.78 is 8.71. The standard InChI is InChI=1S/C21H23N7O2.C21H20N6O2.C19H18N6OS/c1-4-22-21(30)26-20-24-16-10-15(14-9-13(3)27(5-2)18(29)12-14)11-17(19(16)25-20)28-8-6-7-23-28;1-3-23-21(28)27-20-25-17-11-14(13-6-5-9-22-12-13)10-15(19(17)26-20)16-7-4-8-18(24-16)29-2;1-3-21-19(26)25-18-23-15-8-13(12-5-4-6-20-9-12)7-14(17(15)24-18)16-10-27-11(2)22-16/h6-12H,4-5H2,1-3H3,(H3,22,24,25,26,30);4-12H,3H2,1-2H3,(H3,23,25,26,27,28);4-10H,3H2,1-2H3,(H3,21,23,24,25,26). The number of nitrogens with one attached hydrogen (secondary N) is 9. The third-order valence-electron chi connectivity index (χ3n) is 13.3. The lowest BCUT2D eigenvalue weighted by Crippen LogP contribution is -2.28. The molecule has 24 nitrogen and oxygen atoms in total. The van der Waals surface area contributed by atoms with Crippen LogP contribution in [0.15, 0.2) is 144 Å². The second kappa shape index (κ2) is 26.4. The molecule has 3 aromatic carbocycles. The van der Waals surface area contributed by atoms with E-state index in [1.807, 2.05) is 138 Å². The number of amides is 6. The van der Waals surface area contributed by atoms with Gasteiger partial charge in [0.2, 0.25) is 23.7 Å². The number of aromatic amines is 3. The second-order valence-electron chi connectivity index (χ2n) is 19.2. The van der Waals surface area contributed by atoms with Crippen molar-refractivity contribution in [2.75, 3.05) is 42.7 Å². The molecule has 6 amide bonds. The Labute approximate surface area is 496 Å². The number of H-pyrrole nitrogens is 3. The summed E-state index contributed by atoms with van der Waals surface area (Å²) in [6.07, 6.45) is 10.6. The predicted molar refractivity (Wildman–Crippen MR) is 336 cm³/mol. The fourth-order valence-electron chi connectivity index (χ4n) is 9.46. The third-order valence-corrected chi connectivity index (χ3v) is 14.1. The molecular weight excluding hydrogens is 1110 g/mol. The van der Waals surface area contributed by atoms with Crippen LogP contribution in [0.25, 0.3) is 94.7 Å². The highest BCUT2D eigenvalue weighted by molar-refractivity contribution is 7.09. The summed E-state index contributed by atoms with van der Waals surface area (Å²) in [4.78, 5) is 88.9. The van der Waals surface area contributed by atoms with Gasteiger partial charge in [0.1, 0.15) is 5.52 Å². The molecular formula is C61H61N19O5S. The van der Waals surface area contributed by atoms with E-state index in [2.05, 4.69) is 92.9 Å². The zero-order chi connectivity index (χ0) is 60.3. The SMILES string of the molecule is CCNC(=O)Nc1nc2c(-c3cccc(OC)n3)cc(-c3cccnc3)cc2[nH]1.CCNC(=O)Nc1nc2c(-c3csc(C)n3)cc(-c3cccnc3)cc2[nH]1.CCNC(=O)Nc1nc2c(-n3cccn3)cc(-c3cc(C)n(CC)c(=O)c3)cc2[nH]1. The van der Waals surface area contributed by atoms with Crippen LogP contribution in [0.2, 0.25) is 0 Å². The van der Waals surface area contributed by atoms with Crippen molar-refractivity contribution in [2.24, 2.45) is 0 Å². The van der Waals surface area contributed by atoms with Crippen LogP contribution in [0, 0.1) is 13.8 Å². The minimum atomic E-state index is -0.337. The first-order valence-electron chi connectivity index (χ1n) is 27.5. The normalized spacial score (nSPS) is 10.9. The maximum Gasteiger partial charge on any atom is 0.321 e. The first-order valence-corrected chi connectivity index (χ1v) is 28.4. The summed E-state index contributed by atoms with van der Waals surface area (Å²) >= 11 is 1.59. The van der Waals surface area contributed by atoms with Gasteiger partial charge >= 0.3 is 18.1 Å². The van der Waals surface area contributed by atoms with Crippen molar-refractivity contribution < 1.29 is 19.1 Å². The van der Waals surface area contributed by atoms with E-state index < -0.39 is 0 Å². The van der Waals surface area contributed by atoms with Gasteiger partial charge in [-0.25, -0.2) is 44.0 Å². The number of fused-ring (bicyclic) bond motifs is 3. The molecule has 0 atom stereocenters. The van der Waals surface area contributed by atoms with Gasteiger partial charge in [-0.05, 0) is 131 Å². The van der Waals surface area contributed by atoms with E-state index in [0.717, 1.165) is 94.4 Å². The van der Waals surface area contributed by atoms with Crippen LogP contribution >= 0.6 is 11.3 Å². The van der Waals surface area contributed by atoms with Gasteiger partial charge < -0.3 is 40.2 Å². The molecule has 0 aliphatic rings. The van der Waals surface area contributed by atoms with Crippen molar-refractivity contribution in [1.29, 1.82) is 0 Å². The maximum atomic E-state index is 12.5. The molecule has 0 unspecified atom stereocenters. The molecule has 9 N–H and O–H groups in total. The first kappa shape index (κ1) is 58.1. The van der Waals surface area contributed by atoms with Crippen LogP contribution in [0.4, 0.5) is 32.2 Å². The Morgan fingerprint density at radius 1 is 0.558 bits per heavy atom. The summed E-state index contributed by atoms with van der Waals surface area (Å²) in [6.45, 7) is 13.6. The van der Waals surface area contributed by atoms with Gasteiger partial charge in [-0.1, -0.05) is 18.2 Å². The number of carbonyl (C=O) groups is 3. The van der Waals surface area contributed by atoms with E-state index in [1.165, 1.54) is 0 Å². The quantitative estimate of drug-likeness (QED) is 0.0490. The van der Waals surface area contributed by atoms with Crippen LogP contribution in [-0.4, -0.2) is 109 Å². The smallest absolute Gasteiger partial charge is 0.321 e. The Morgan fingerprint density at radius 3 is 1.55 bits per heavy atom. The van der Waals surface area contributed by atoms with E-state index in [0.29, 0.717) is 60.9 Å². The minimum absolute atomic E-state index is 0.0450. The molecule has 0 fully saturated rings. The average Bonchev–Trinajstić information content (AvgIpc) is 3.27. The molecule has 86 heavy (non-hydrogen) atoms. The van der Waals surface area contributed by atoms with E-state index in [-0.39, 0.29) is 23.7 Å². The largest absolute Gasteiger partial charge is 0.481 e. The highest BCUT2D eigenvalue weighted by Crippen LogP contribution is 2.36. The van der Waals surface area contributed by atoms with E-state index in [9.17, 15) is 19.2 Å². The van der Waals surface area contributed by atoms with Crippen LogP contribution in [0.3, 0.4) is 0 Å². The average molecular weight is 1170 g/mol. The monoisotopic (exact) mass is 1170 g/mol. The molecule has 0 aliphatic carbocycles. The van der Waals surface area contributed by atoms with Gasteiger partial charge in [0.25, 0.3) is 5.56 Å². The molecule has 0 bridgehead atoms. The number of rotatable bonds is 14. The Bertz CT molecular complexity index is 4420. The number of methoxy groups -OCH3 is 1. The fourth-order valence-corrected chi connectivity index (χ4v) is 10.1. The molecule has 0 saturated carbocycles. The lowest BCUT2D eigenvalue weighted by atomic mass is 10.0. The van der Waals surface area contributed by atoms with Crippen molar-refractivity contribution in [3.05, 3.63) is 161 Å². The molecule has 12 rings (SSSR count). The molecule has 12 aromatic rings. The number of carbonyl (C=O) groups excluding carboxylic acids is 3. The van der Waals surface area contributed by atoms with Crippen LogP contribution in [0.5, 0.6) is 5.88 Å². The number of hydrogen-bond acceptors (Lipinski definition) is 14. The molecule has 0 radical (unpaired) electrons. The number of thiazole rings is 1. The van der Waals surface area contributed by atoms with Crippen LogP contribution in [0.1, 0.15) is 38.4 Å². The number of aromatic nitrogens is 13. The van der Waals surface area contributed by atoms with Crippen molar-refractivity contribution >= 4 is 80.4 Å².